The lowest BCUT2D eigenvalue weighted by atomic mass is 10.2. The number of benzene rings is 2. The zero-order valence-corrected chi connectivity index (χ0v) is 13.7. The van der Waals surface area contributed by atoms with Crippen LogP contribution >= 0.6 is 0 Å². The first-order valence-corrected chi connectivity index (χ1v) is 7.85. The average Bonchev–Trinajstić information content (AvgIpc) is 2.63. The zero-order chi connectivity index (χ0) is 18.9. The number of carbonyl (C=O) groups excluding carboxylic acids is 3. The van der Waals surface area contributed by atoms with E-state index in [2.05, 4.69) is 16.2 Å². The Bertz CT molecular complexity index is 798. The van der Waals surface area contributed by atoms with Gasteiger partial charge in [-0.3, -0.25) is 25.2 Å². The van der Waals surface area contributed by atoms with Gasteiger partial charge in [0.05, 0.1) is 5.56 Å². The van der Waals surface area contributed by atoms with Gasteiger partial charge in [-0.15, -0.1) is 0 Å². The van der Waals surface area contributed by atoms with Crippen LogP contribution in [0.2, 0.25) is 0 Å². The molecule has 0 saturated carbocycles. The van der Waals surface area contributed by atoms with Crippen LogP contribution in [-0.4, -0.2) is 24.3 Å². The Hall–Kier alpha value is -3.29. The number of hydrazine groups is 1. The van der Waals surface area contributed by atoms with Crippen LogP contribution in [0.15, 0.2) is 48.5 Å². The first-order chi connectivity index (χ1) is 12.5. The molecule has 0 aromatic heterocycles. The normalized spacial score (nSPS) is 10.1. The molecule has 0 atom stereocenters. The maximum atomic E-state index is 13.4. The van der Waals surface area contributed by atoms with Crippen molar-refractivity contribution in [1.82, 2.24) is 16.2 Å². The molecule has 0 radical (unpaired) electrons. The molecule has 0 fully saturated rings. The Balaban J connectivity index is 1.67. The van der Waals surface area contributed by atoms with Crippen molar-refractivity contribution in [3.8, 4) is 0 Å². The predicted molar refractivity (Wildman–Crippen MR) is 90.0 cm³/mol. The second-order valence-corrected chi connectivity index (χ2v) is 5.35. The van der Waals surface area contributed by atoms with Crippen molar-refractivity contribution < 1.29 is 23.2 Å². The molecule has 26 heavy (non-hydrogen) atoms. The van der Waals surface area contributed by atoms with Crippen LogP contribution in [0.25, 0.3) is 0 Å². The fraction of sp³-hybridized carbons (Fsp3) is 0.167. The number of carbonyl (C=O) groups is 3. The van der Waals surface area contributed by atoms with Crippen molar-refractivity contribution in [1.29, 1.82) is 0 Å². The summed E-state index contributed by atoms with van der Waals surface area (Å²) >= 11 is 0. The summed E-state index contributed by atoms with van der Waals surface area (Å²) in [6.07, 6.45) is 0.322. The van der Waals surface area contributed by atoms with Crippen molar-refractivity contribution >= 4 is 17.7 Å². The molecule has 2 aromatic rings. The Morgan fingerprint density at radius 1 is 0.885 bits per heavy atom. The second kappa shape index (κ2) is 9.26. The quantitative estimate of drug-likeness (QED) is 0.543. The highest BCUT2D eigenvalue weighted by molar-refractivity contribution is 5.95. The first kappa shape index (κ1) is 19.0. The number of rotatable bonds is 6. The van der Waals surface area contributed by atoms with Crippen LogP contribution < -0.4 is 16.2 Å². The lowest BCUT2D eigenvalue weighted by Crippen LogP contribution is -2.41. The van der Waals surface area contributed by atoms with Gasteiger partial charge >= 0.3 is 0 Å². The van der Waals surface area contributed by atoms with Crippen molar-refractivity contribution in [3.05, 3.63) is 71.3 Å². The minimum Gasteiger partial charge on any atom is -0.352 e. The summed E-state index contributed by atoms with van der Waals surface area (Å²) < 4.78 is 26.2. The molecule has 8 heteroatoms. The van der Waals surface area contributed by atoms with E-state index in [0.29, 0.717) is 11.6 Å². The monoisotopic (exact) mass is 361 g/mol. The van der Waals surface area contributed by atoms with Crippen molar-refractivity contribution in [3.63, 3.8) is 0 Å². The van der Waals surface area contributed by atoms with Crippen molar-refractivity contribution in [2.75, 3.05) is 6.54 Å². The lowest BCUT2D eigenvalue weighted by Gasteiger charge is -2.08. The summed E-state index contributed by atoms with van der Waals surface area (Å²) in [7, 11) is 0. The van der Waals surface area contributed by atoms with E-state index in [0.717, 1.165) is 12.1 Å². The third-order valence-electron chi connectivity index (χ3n) is 3.39. The van der Waals surface area contributed by atoms with Gasteiger partial charge in [0, 0.05) is 24.6 Å². The van der Waals surface area contributed by atoms with E-state index < -0.39 is 29.4 Å². The summed E-state index contributed by atoms with van der Waals surface area (Å²) in [5.74, 6) is -3.30. The lowest BCUT2D eigenvalue weighted by molar-refractivity contribution is -0.121. The molecule has 0 aliphatic carbocycles. The third kappa shape index (κ3) is 5.66. The standard InChI is InChI=1S/C18H17F2N3O3/c19-13-8-9-14(15(20)11-13)18(26)21-10-4-7-16(24)22-23-17(25)12-5-2-1-3-6-12/h1-3,5-6,8-9,11H,4,7,10H2,(H,21,26)(H,22,24)(H,23,25). The van der Waals surface area contributed by atoms with Crippen LogP contribution in [0.3, 0.4) is 0 Å². The molecule has 2 rings (SSSR count). The number of halogens is 2. The SMILES string of the molecule is O=C(CCCNC(=O)c1ccc(F)cc1F)NNC(=O)c1ccccc1. The predicted octanol–water partition coefficient (Wildman–Crippen LogP) is 1.94. The van der Waals surface area contributed by atoms with Gasteiger partial charge in [-0.2, -0.15) is 0 Å². The molecule has 0 spiro atoms. The van der Waals surface area contributed by atoms with Gasteiger partial charge in [0.25, 0.3) is 11.8 Å². The first-order valence-electron chi connectivity index (χ1n) is 7.85. The molecular formula is C18H17F2N3O3. The summed E-state index contributed by atoms with van der Waals surface area (Å²) in [6.45, 7) is 0.121. The van der Waals surface area contributed by atoms with Crippen LogP contribution in [0.4, 0.5) is 8.78 Å². The fourth-order valence-electron chi connectivity index (χ4n) is 2.07. The smallest absolute Gasteiger partial charge is 0.269 e. The molecule has 0 bridgehead atoms. The van der Waals surface area contributed by atoms with E-state index in [9.17, 15) is 23.2 Å². The van der Waals surface area contributed by atoms with Gasteiger partial charge in [0.1, 0.15) is 11.6 Å². The molecule has 136 valence electrons. The summed E-state index contributed by atoms with van der Waals surface area (Å²) in [5.41, 5.74) is 4.67. The number of hydrogen-bond acceptors (Lipinski definition) is 3. The molecule has 0 aliphatic rings. The van der Waals surface area contributed by atoms with Crippen LogP contribution in [-0.2, 0) is 4.79 Å². The Labute approximate surface area is 148 Å². The van der Waals surface area contributed by atoms with Crippen LogP contribution in [0.5, 0.6) is 0 Å². The summed E-state index contributed by atoms with van der Waals surface area (Å²) in [4.78, 5) is 35.1. The van der Waals surface area contributed by atoms with Gasteiger partial charge in [-0.25, -0.2) is 8.78 Å². The van der Waals surface area contributed by atoms with Crippen LogP contribution in [0, 0.1) is 11.6 Å². The number of hydrogen-bond donors (Lipinski definition) is 3. The van der Waals surface area contributed by atoms with E-state index >= 15 is 0 Å². The third-order valence-corrected chi connectivity index (χ3v) is 3.39. The topological polar surface area (TPSA) is 87.3 Å². The van der Waals surface area contributed by atoms with E-state index in [4.69, 9.17) is 0 Å². The second-order valence-electron chi connectivity index (χ2n) is 5.35. The Kier molecular flexibility index (Phi) is 6.78. The maximum absolute atomic E-state index is 13.4. The van der Waals surface area contributed by atoms with Gasteiger partial charge in [-0.1, -0.05) is 18.2 Å². The van der Waals surface area contributed by atoms with E-state index in [-0.39, 0.29) is 24.9 Å². The number of amides is 3. The molecule has 0 unspecified atom stereocenters. The van der Waals surface area contributed by atoms with Gasteiger partial charge in [0.15, 0.2) is 0 Å². The summed E-state index contributed by atoms with van der Waals surface area (Å²) in [6, 6.07) is 11.0. The van der Waals surface area contributed by atoms with Gasteiger partial charge in [-0.05, 0) is 30.7 Å². The van der Waals surface area contributed by atoms with Crippen molar-refractivity contribution in [2.45, 2.75) is 12.8 Å². The Morgan fingerprint density at radius 3 is 2.31 bits per heavy atom. The van der Waals surface area contributed by atoms with Crippen molar-refractivity contribution in [2.24, 2.45) is 0 Å². The van der Waals surface area contributed by atoms with Crippen LogP contribution in [0.1, 0.15) is 33.6 Å². The Morgan fingerprint density at radius 2 is 1.62 bits per heavy atom. The molecule has 2 aromatic carbocycles. The molecule has 3 amide bonds. The molecule has 0 saturated heterocycles. The van der Waals surface area contributed by atoms with E-state index in [1.807, 2.05) is 0 Å². The summed E-state index contributed by atoms with van der Waals surface area (Å²) in [5, 5.41) is 2.44. The molecule has 3 N–H and O–H groups in total. The highest BCUT2D eigenvalue weighted by atomic mass is 19.1. The van der Waals surface area contributed by atoms with Gasteiger partial charge in [0.2, 0.25) is 5.91 Å². The molecule has 0 aliphatic heterocycles. The average molecular weight is 361 g/mol. The minimum absolute atomic E-state index is 0.0429. The molecule has 6 nitrogen and oxygen atoms in total. The highest BCUT2D eigenvalue weighted by Crippen LogP contribution is 2.09. The molecule has 0 heterocycles. The minimum atomic E-state index is -0.955. The zero-order valence-electron chi connectivity index (χ0n) is 13.7. The molecular weight excluding hydrogens is 344 g/mol. The highest BCUT2D eigenvalue weighted by Gasteiger charge is 2.12. The fourth-order valence-corrected chi connectivity index (χ4v) is 2.07. The largest absolute Gasteiger partial charge is 0.352 e. The maximum Gasteiger partial charge on any atom is 0.269 e. The van der Waals surface area contributed by atoms with E-state index in [1.165, 1.54) is 0 Å². The van der Waals surface area contributed by atoms with Gasteiger partial charge < -0.3 is 5.32 Å². The van der Waals surface area contributed by atoms with E-state index in [1.54, 1.807) is 30.3 Å². The number of nitrogens with one attached hydrogen (secondary N) is 3.